The van der Waals surface area contributed by atoms with Gasteiger partial charge < -0.3 is 5.32 Å². The summed E-state index contributed by atoms with van der Waals surface area (Å²) in [6, 6.07) is 5.67. The molecule has 0 radical (unpaired) electrons. The van der Waals surface area contributed by atoms with Crippen molar-refractivity contribution in [3.05, 3.63) is 54.7 Å². The molecule has 3 aromatic rings. The van der Waals surface area contributed by atoms with Crippen molar-refractivity contribution in [2.45, 2.75) is 39.8 Å². The van der Waals surface area contributed by atoms with Gasteiger partial charge in [-0.1, -0.05) is 19.9 Å². The first-order chi connectivity index (χ1) is 13.0. The van der Waals surface area contributed by atoms with Gasteiger partial charge in [-0.15, -0.1) is 22.7 Å². The number of hydrogen-bond acceptors (Lipinski definition) is 5. The molecule has 0 unspecified atom stereocenters. The molecule has 0 atom stereocenters. The fourth-order valence-electron chi connectivity index (χ4n) is 2.86. The van der Waals surface area contributed by atoms with Gasteiger partial charge in [0.15, 0.2) is 0 Å². The molecule has 0 aliphatic carbocycles. The van der Waals surface area contributed by atoms with E-state index in [9.17, 15) is 14.4 Å². The summed E-state index contributed by atoms with van der Waals surface area (Å²) in [4.78, 5) is 39.1. The Morgan fingerprint density at radius 2 is 1.96 bits per heavy atom. The fourth-order valence-corrected chi connectivity index (χ4v) is 4.40. The Morgan fingerprint density at radius 1 is 1.15 bits per heavy atom. The number of carbonyl (C=O) groups excluding carboxylic acids is 1. The quantitative estimate of drug-likeness (QED) is 0.626. The van der Waals surface area contributed by atoms with Crippen LogP contribution in [0.2, 0.25) is 0 Å². The van der Waals surface area contributed by atoms with E-state index in [2.05, 4.69) is 19.2 Å². The number of nitrogens with zero attached hydrogens (tertiary/aromatic N) is 2. The Kier molecular flexibility index (Phi) is 6.28. The van der Waals surface area contributed by atoms with Crippen molar-refractivity contribution in [1.29, 1.82) is 0 Å². The van der Waals surface area contributed by atoms with Gasteiger partial charge >= 0.3 is 5.69 Å². The molecule has 0 saturated carbocycles. The van der Waals surface area contributed by atoms with Gasteiger partial charge in [0.2, 0.25) is 5.91 Å². The normalized spacial score (nSPS) is 11.4. The van der Waals surface area contributed by atoms with Crippen LogP contribution in [0.4, 0.5) is 0 Å². The van der Waals surface area contributed by atoms with Crippen molar-refractivity contribution in [3.63, 3.8) is 0 Å². The average molecular weight is 406 g/mol. The number of nitrogens with one attached hydrogen (secondary N) is 1. The van der Waals surface area contributed by atoms with Crippen LogP contribution in [0.15, 0.2) is 38.5 Å². The van der Waals surface area contributed by atoms with E-state index in [0.29, 0.717) is 35.6 Å². The largest absolute Gasteiger partial charge is 0.355 e. The van der Waals surface area contributed by atoms with E-state index in [-0.39, 0.29) is 18.0 Å². The predicted octanol–water partition coefficient (Wildman–Crippen LogP) is 2.69. The monoisotopic (exact) mass is 405 g/mol. The van der Waals surface area contributed by atoms with Crippen LogP contribution in [0.5, 0.6) is 0 Å². The van der Waals surface area contributed by atoms with E-state index in [1.165, 1.54) is 20.5 Å². The summed E-state index contributed by atoms with van der Waals surface area (Å²) >= 11 is 2.90. The molecule has 0 bridgehead atoms. The second-order valence-electron chi connectivity index (χ2n) is 6.82. The molecule has 0 aliphatic rings. The molecule has 0 fully saturated rings. The van der Waals surface area contributed by atoms with Gasteiger partial charge in [-0.2, -0.15) is 0 Å². The van der Waals surface area contributed by atoms with Gasteiger partial charge in [-0.25, -0.2) is 4.79 Å². The number of thiophene rings is 2. The van der Waals surface area contributed by atoms with Gasteiger partial charge in [0, 0.05) is 18.0 Å². The molecule has 3 heterocycles. The number of amides is 1. The lowest BCUT2D eigenvalue weighted by Gasteiger charge is -2.12. The van der Waals surface area contributed by atoms with Crippen molar-refractivity contribution < 1.29 is 4.79 Å². The molecule has 1 N–H and O–H groups in total. The zero-order chi connectivity index (χ0) is 19.4. The third kappa shape index (κ3) is 4.56. The SMILES string of the molecule is CC(C)CCNC(=O)Cn1c(=O)n(CCc2cccs2)c(=O)c2sccc21. The summed E-state index contributed by atoms with van der Waals surface area (Å²) in [5.41, 5.74) is -0.180. The first-order valence-electron chi connectivity index (χ1n) is 8.97. The fraction of sp³-hybridized carbons (Fsp3) is 0.421. The molecule has 3 rings (SSSR count). The van der Waals surface area contributed by atoms with E-state index in [1.54, 1.807) is 22.8 Å². The molecule has 8 heteroatoms. The molecular weight excluding hydrogens is 382 g/mol. The van der Waals surface area contributed by atoms with Gasteiger partial charge in [0.25, 0.3) is 5.56 Å². The van der Waals surface area contributed by atoms with Crippen LogP contribution in [-0.2, 0) is 24.3 Å². The molecule has 27 heavy (non-hydrogen) atoms. The highest BCUT2D eigenvalue weighted by atomic mass is 32.1. The predicted molar refractivity (Wildman–Crippen MR) is 111 cm³/mol. The number of rotatable bonds is 8. The maximum atomic E-state index is 12.9. The molecule has 0 spiro atoms. The smallest absolute Gasteiger partial charge is 0.332 e. The molecule has 1 amide bonds. The number of aryl methyl sites for hydroxylation is 1. The highest BCUT2D eigenvalue weighted by Crippen LogP contribution is 2.15. The summed E-state index contributed by atoms with van der Waals surface area (Å²) in [6.07, 6.45) is 1.50. The molecule has 144 valence electrons. The number of aromatic nitrogens is 2. The maximum absolute atomic E-state index is 12.9. The highest BCUT2D eigenvalue weighted by molar-refractivity contribution is 7.17. The zero-order valence-corrected chi connectivity index (χ0v) is 17.1. The lowest BCUT2D eigenvalue weighted by atomic mass is 10.1. The third-order valence-corrected chi connectivity index (χ3v) is 6.17. The Hall–Kier alpha value is -2.19. The number of carbonyl (C=O) groups is 1. The van der Waals surface area contributed by atoms with Crippen molar-refractivity contribution in [2.75, 3.05) is 6.54 Å². The van der Waals surface area contributed by atoms with Crippen LogP contribution in [0, 0.1) is 5.92 Å². The molecule has 0 aliphatic heterocycles. The Balaban J connectivity index is 1.87. The summed E-state index contributed by atoms with van der Waals surface area (Å²) in [5.74, 6) is 0.282. The average Bonchev–Trinajstić information content (AvgIpc) is 3.30. The van der Waals surface area contributed by atoms with Crippen molar-refractivity contribution in [3.8, 4) is 0 Å². The summed E-state index contributed by atoms with van der Waals surface area (Å²) < 4.78 is 3.17. The molecular formula is C19H23N3O3S2. The van der Waals surface area contributed by atoms with Gasteiger partial charge in [-0.05, 0) is 41.7 Å². The zero-order valence-electron chi connectivity index (χ0n) is 15.4. The minimum atomic E-state index is -0.429. The number of fused-ring (bicyclic) bond motifs is 1. The molecule has 6 nitrogen and oxygen atoms in total. The highest BCUT2D eigenvalue weighted by Gasteiger charge is 2.16. The lowest BCUT2D eigenvalue weighted by Crippen LogP contribution is -2.42. The van der Waals surface area contributed by atoms with Crippen molar-refractivity contribution in [1.82, 2.24) is 14.5 Å². The van der Waals surface area contributed by atoms with E-state index in [1.807, 2.05) is 17.5 Å². The molecule has 0 aromatic carbocycles. The topological polar surface area (TPSA) is 73.1 Å². The van der Waals surface area contributed by atoms with Gasteiger partial charge in [-0.3, -0.25) is 18.7 Å². The second-order valence-corrected chi connectivity index (χ2v) is 8.77. The summed E-state index contributed by atoms with van der Waals surface area (Å²) in [5, 5.41) is 6.61. The Labute approximate surface area is 165 Å². The minimum Gasteiger partial charge on any atom is -0.355 e. The molecule has 3 aromatic heterocycles. The van der Waals surface area contributed by atoms with E-state index in [0.717, 1.165) is 11.3 Å². The van der Waals surface area contributed by atoms with E-state index < -0.39 is 5.69 Å². The Bertz CT molecular complexity index is 1030. The molecule has 0 saturated heterocycles. The minimum absolute atomic E-state index is 0.0799. The van der Waals surface area contributed by atoms with Crippen molar-refractivity contribution >= 4 is 38.8 Å². The first kappa shape index (κ1) is 19.6. The second kappa shape index (κ2) is 8.67. The van der Waals surface area contributed by atoms with Crippen LogP contribution in [0.3, 0.4) is 0 Å². The van der Waals surface area contributed by atoms with Crippen LogP contribution >= 0.6 is 22.7 Å². The van der Waals surface area contributed by atoms with Crippen LogP contribution in [0.25, 0.3) is 10.2 Å². The maximum Gasteiger partial charge on any atom is 0.332 e. The summed E-state index contributed by atoms with van der Waals surface area (Å²) in [6.45, 7) is 4.99. The lowest BCUT2D eigenvalue weighted by molar-refractivity contribution is -0.121. The summed E-state index contributed by atoms with van der Waals surface area (Å²) in [7, 11) is 0. The van der Waals surface area contributed by atoms with E-state index >= 15 is 0 Å². The Morgan fingerprint density at radius 3 is 2.67 bits per heavy atom. The van der Waals surface area contributed by atoms with Crippen LogP contribution in [0.1, 0.15) is 25.1 Å². The third-order valence-electron chi connectivity index (χ3n) is 4.34. The van der Waals surface area contributed by atoms with Gasteiger partial charge in [0.1, 0.15) is 11.2 Å². The van der Waals surface area contributed by atoms with Gasteiger partial charge in [0.05, 0.1) is 5.52 Å². The van der Waals surface area contributed by atoms with Crippen molar-refractivity contribution in [2.24, 2.45) is 5.92 Å². The van der Waals surface area contributed by atoms with E-state index in [4.69, 9.17) is 0 Å². The number of hydrogen-bond donors (Lipinski definition) is 1. The van der Waals surface area contributed by atoms with Crippen LogP contribution in [-0.4, -0.2) is 21.6 Å². The van der Waals surface area contributed by atoms with Crippen LogP contribution < -0.4 is 16.6 Å². The standard InChI is InChI=1S/C19H23N3O3S2/c1-13(2)5-8-20-16(23)12-22-15-7-11-27-17(15)18(24)21(19(22)25)9-6-14-4-3-10-26-14/h3-4,7,10-11,13H,5-6,8-9,12H2,1-2H3,(H,20,23). The first-order valence-corrected chi connectivity index (χ1v) is 10.7.